The second-order valence-corrected chi connectivity index (χ2v) is 8.37. The van der Waals surface area contributed by atoms with Gasteiger partial charge < -0.3 is 4.74 Å². The molecule has 0 heterocycles. The van der Waals surface area contributed by atoms with Crippen LogP contribution in [0.15, 0.2) is 24.3 Å². The first-order valence-corrected chi connectivity index (χ1v) is 9.29. The van der Waals surface area contributed by atoms with E-state index in [-0.39, 0.29) is 5.60 Å². The van der Waals surface area contributed by atoms with Crippen molar-refractivity contribution >= 4 is 27.5 Å². The van der Waals surface area contributed by atoms with Gasteiger partial charge in [-0.05, 0) is 54.7 Å². The van der Waals surface area contributed by atoms with Crippen molar-refractivity contribution in [3.8, 4) is 0 Å². The summed E-state index contributed by atoms with van der Waals surface area (Å²) in [7, 11) is 0. The molecule has 0 saturated heterocycles. The molecule has 0 aliphatic heterocycles. The number of halogens is 2. The molecule has 0 aromatic heterocycles. The molecule has 1 aliphatic rings. The van der Waals surface area contributed by atoms with Crippen molar-refractivity contribution < 1.29 is 4.74 Å². The Hall–Kier alpha value is -0.0500. The van der Waals surface area contributed by atoms with Crippen LogP contribution in [0.3, 0.4) is 0 Å². The number of benzene rings is 1. The van der Waals surface area contributed by atoms with Crippen LogP contribution in [0.2, 0.25) is 5.02 Å². The van der Waals surface area contributed by atoms with E-state index >= 15 is 0 Å². The molecule has 0 amide bonds. The monoisotopic (exact) mass is 372 g/mol. The molecule has 1 fully saturated rings. The van der Waals surface area contributed by atoms with E-state index in [0.717, 1.165) is 29.1 Å². The first-order chi connectivity index (χ1) is 9.85. The van der Waals surface area contributed by atoms with Crippen LogP contribution in [0.5, 0.6) is 0 Å². The van der Waals surface area contributed by atoms with Gasteiger partial charge in [0.2, 0.25) is 0 Å². The highest BCUT2D eigenvalue weighted by Crippen LogP contribution is 2.43. The molecule has 0 radical (unpaired) electrons. The third-order valence-corrected chi connectivity index (χ3v) is 6.10. The van der Waals surface area contributed by atoms with Crippen LogP contribution in [-0.2, 0) is 11.3 Å². The molecule has 1 aliphatic carbocycles. The molecule has 1 nitrogen and oxygen atoms in total. The maximum Gasteiger partial charge on any atom is 0.0783 e. The van der Waals surface area contributed by atoms with Crippen molar-refractivity contribution in [2.45, 2.75) is 58.7 Å². The second-order valence-electron chi connectivity index (χ2n) is 7.37. The van der Waals surface area contributed by atoms with Crippen molar-refractivity contribution in [3.63, 3.8) is 0 Å². The molecule has 0 N–H and O–H groups in total. The zero-order valence-electron chi connectivity index (χ0n) is 13.3. The zero-order valence-corrected chi connectivity index (χ0v) is 15.6. The van der Waals surface area contributed by atoms with Gasteiger partial charge in [-0.15, -0.1) is 0 Å². The molecular formula is C18H26BrClO. The quantitative estimate of drug-likeness (QED) is 0.569. The summed E-state index contributed by atoms with van der Waals surface area (Å²) in [6, 6.07) is 7.95. The van der Waals surface area contributed by atoms with Crippen molar-refractivity contribution in [2.75, 3.05) is 5.33 Å². The molecule has 1 saturated carbocycles. The summed E-state index contributed by atoms with van der Waals surface area (Å²) in [5.41, 5.74) is 1.61. The smallest absolute Gasteiger partial charge is 0.0783 e. The number of rotatable bonds is 4. The largest absolute Gasteiger partial charge is 0.369 e. The Morgan fingerprint density at radius 2 is 1.76 bits per heavy atom. The number of ether oxygens (including phenoxy) is 1. The van der Waals surface area contributed by atoms with Gasteiger partial charge in [-0.25, -0.2) is 0 Å². The van der Waals surface area contributed by atoms with E-state index in [0.29, 0.717) is 12.0 Å². The molecule has 0 bridgehead atoms. The average Bonchev–Trinajstić information content (AvgIpc) is 2.46. The van der Waals surface area contributed by atoms with E-state index in [4.69, 9.17) is 16.3 Å². The lowest BCUT2D eigenvalue weighted by Gasteiger charge is -2.43. The summed E-state index contributed by atoms with van der Waals surface area (Å²) in [4.78, 5) is 0. The van der Waals surface area contributed by atoms with Crippen molar-refractivity contribution in [1.82, 2.24) is 0 Å². The lowest BCUT2D eigenvalue weighted by Crippen LogP contribution is -2.41. The minimum atomic E-state index is 0.00138. The van der Waals surface area contributed by atoms with Gasteiger partial charge >= 0.3 is 0 Å². The Labute approximate surface area is 142 Å². The van der Waals surface area contributed by atoms with E-state index in [9.17, 15) is 0 Å². The van der Waals surface area contributed by atoms with Crippen LogP contribution in [0.25, 0.3) is 0 Å². The number of alkyl halides is 1. The number of hydrogen-bond donors (Lipinski definition) is 0. The Balaban J connectivity index is 1.92. The van der Waals surface area contributed by atoms with E-state index in [2.05, 4.69) is 36.7 Å². The Morgan fingerprint density at radius 1 is 1.19 bits per heavy atom. The van der Waals surface area contributed by atoms with Gasteiger partial charge in [-0.1, -0.05) is 60.4 Å². The summed E-state index contributed by atoms with van der Waals surface area (Å²) in [6.45, 7) is 7.73. The predicted octanol–water partition coefficient (Wildman–Crippen LogP) is 6.23. The first kappa shape index (κ1) is 17.3. The summed E-state index contributed by atoms with van der Waals surface area (Å²) in [6.07, 6.45) is 4.81. The van der Waals surface area contributed by atoms with Crippen LogP contribution in [0.1, 0.15) is 52.0 Å². The molecule has 21 heavy (non-hydrogen) atoms. The lowest BCUT2D eigenvalue weighted by atomic mass is 9.69. The van der Waals surface area contributed by atoms with Crippen LogP contribution < -0.4 is 0 Å². The highest BCUT2D eigenvalue weighted by Gasteiger charge is 2.38. The van der Waals surface area contributed by atoms with Crippen LogP contribution in [0.4, 0.5) is 0 Å². The molecular weight excluding hydrogens is 348 g/mol. The van der Waals surface area contributed by atoms with Gasteiger partial charge in [-0.3, -0.25) is 0 Å². The minimum absolute atomic E-state index is 0.00138. The topological polar surface area (TPSA) is 9.23 Å². The predicted molar refractivity (Wildman–Crippen MR) is 94.2 cm³/mol. The third-order valence-electron chi connectivity index (χ3n) is 4.82. The lowest BCUT2D eigenvalue weighted by molar-refractivity contribution is -0.0783. The molecule has 1 aromatic carbocycles. The fourth-order valence-electron chi connectivity index (χ4n) is 3.14. The fourth-order valence-corrected chi connectivity index (χ4v) is 3.99. The molecule has 0 atom stereocenters. The Bertz CT molecular complexity index is 441. The van der Waals surface area contributed by atoms with E-state index in [1.165, 1.54) is 18.4 Å². The molecule has 0 spiro atoms. The SMILES string of the molecule is CC(C)(C)C1CCC(CBr)(OCc2ccc(Cl)cc2)CC1. The zero-order chi connectivity index (χ0) is 15.5. The average molecular weight is 374 g/mol. The van der Waals surface area contributed by atoms with Crippen LogP contribution in [-0.4, -0.2) is 10.9 Å². The summed E-state index contributed by atoms with van der Waals surface area (Å²) in [5, 5.41) is 1.70. The molecule has 0 unspecified atom stereocenters. The van der Waals surface area contributed by atoms with Crippen molar-refractivity contribution in [3.05, 3.63) is 34.9 Å². The van der Waals surface area contributed by atoms with Gasteiger partial charge in [-0.2, -0.15) is 0 Å². The van der Waals surface area contributed by atoms with Gasteiger partial charge in [0, 0.05) is 10.4 Å². The summed E-state index contributed by atoms with van der Waals surface area (Å²) >= 11 is 9.60. The van der Waals surface area contributed by atoms with Gasteiger partial charge in [0.1, 0.15) is 0 Å². The van der Waals surface area contributed by atoms with E-state index in [1.54, 1.807) is 0 Å². The maximum absolute atomic E-state index is 6.32. The maximum atomic E-state index is 6.32. The molecule has 3 heteroatoms. The highest BCUT2D eigenvalue weighted by atomic mass is 79.9. The fraction of sp³-hybridized carbons (Fsp3) is 0.667. The summed E-state index contributed by atoms with van der Waals surface area (Å²) in [5.74, 6) is 0.809. The highest BCUT2D eigenvalue weighted by molar-refractivity contribution is 9.09. The van der Waals surface area contributed by atoms with Crippen molar-refractivity contribution in [1.29, 1.82) is 0 Å². The van der Waals surface area contributed by atoms with Crippen LogP contribution in [0, 0.1) is 11.3 Å². The number of hydrogen-bond acceptors (Lipinski definition) is 1. The second kappa shape index (κ2) is 7.02. The standard InChI is InChI=1S/C18H26BrClO/c1-17(2,3)15-8-10-18(13-19,11-9-15)21-12-14-4-6-16(20)7-5-14/h4-7,15H,8-13H2,1-3H3. The van der Waals surface area contributed by atoms with Gasteiger partial charge in [0.05, 0.1) is 12.2 Å². The first-order valence-electron chi connectivity index (χ1n) is 7.79. The van der Waals surface area contributed by atoms with E-state index < -0.39 is 0 Å². The summed E-state index contributed by atoms with van der Waals surface area (Å²) < 4.78 is 6.32. The minimum Gasteiger partial charge on any atom is -0.369 e. The normalized spacial score (nSPS) is 26.8. The van der Waals surface area contributed by atoms with E-state index in [1.807, 2.05) is 24.3 Å². The van der Waals surface area contributed by atoms with Crippen LogP contribution >= 0.6 is 27.5 Å². The van der Waals surface area contributed by atoms with Crippen molar-refractivity contribution in [2.24, 2.45) is 11.3 Å². The van der Waals surface area contributed by atoms with Gasteiger partial charge in [0.25, 0.3) is 0 Å². The Kier molecular flexibility index (Phi) is 5.78. The van der Waals surface area contributed by atoms with Gasteiger partial charge in [0.15, 0.2) is 0 Å². The molecule has 118 valence electrons. The Morgan fingerprint density at radius 3 is 2.24 bits per heavy atom. The molecule has 2 rings (SSSR count). The third kappa shape index (κ3) is 4.71. The molecule has 1 aromatic rings.